The van der Waals surface area contributed by atoms with Crippen molar-refractivity contribution in [1.29, 1.82) is 0 Å². The third kappa shape index (κ3) is 6.00. The number of carbonyl (C=O) groups excluding carboxylic acids is 2. The number of ketones is 1. The molecule has 3 aromatic carbocycles. The van der Waals surface area contributed by atoms with Crippen molar-refractivity contribution >= 4 is 29.6 Å². The molecule has 0 aliphatic carbocycles. The Balaban J connectivity index is 1.54. The summed E-state index contributed by atoms with van der Waals surface area (Å²) in [6.07, 6.45) is 5.64. The molecule has 0 radical (unpaired) electrons. The average Bonchev–Trinajstić information content (AvgIpc) is 3.50. The summed E-state index contributed by atoms with van der Waals surface area (Å²) < 4.78 is 1.21. The van der Waals surface area contributed by atoms with Gasteiger partial charge < -0.3 is 10.4 Å². The molecule has 0 fully saturated rings. The van der Waals surface area contributed by atoms with Crippen LogP contribution >= 0.6 is 0 Å². The van der Waals surface area contributed by atoms with Crippen molar-refractivity contribution in [2.45, 2.75) is 30.8 Å². The molecule has 9 heteroatoms. The Hall–Kier alpha value is -5.44. The van der Waals surface area contributed by atoms with E-state index >= 15 is 0 Å². The smallest absolute Gasteiger partial charge is 0.304 e. The molecule has 4 aromatic rings. The van der Waals surface area contributed by atoms with Gasteiger partial charge in [-0.25, -0.2) is 4.98 Å². The topological polar surface area (TPSA) is 131 Å². The summed E-state index contributed by atoms with van der Waals surface area (Å²) in [5, 5.41) is 12.4. The van der Waals surface area contributed by atoms with Gasteiger partial charge in [-0.3, -0.25) is 28.7 Å². The maximum absolute atomic E-state index is 14.2. The van der Waals surface area contributed by atoms with Crippen LogP contribution < -0.4 is 10.9 Å². The number of rotatable bonds is 11. The number of aliphatic imine (C=N–C) groups is 1. The molecule has 9 nitrogen and oxygen atoms in total. The molecule has 2 unspecified atom stereocenters. The Labute approximate surface area is 241 Å². The molecule has 1 amide bonds. The molecule has 1 aromatic heterocycles. The molecule has 0 saturated carbocycles. The van der Waals surface area contributed by atoms with Crippen LogP contribution in [-0.2, 0) is 27.3 Å². The van der Waals surface area contributed by atoms with E-state index in [4.69, 9.17) is 0 Å². The van der Waals surface area contributed by atoms with Crippen molar-refractivity contribution in [3.63, 3.8) is 0 Å². The third-order valence-corrected chi connectivity index (χ3v) is 7.15. The van der Waals surface area contributed by atoms with E-state index in [0.717, 1.165) is 5.56 Å². The van der Waals surface area contributed by atoms with Gasteiger partial charge in [-0.05, 0) is 23.3 Å². The third-order valence-electron chi connectivity index (χ3n) is 7.15. The van der Waals surface area contributed by atoms with Gasteiger partial charge in [-0.1, -0.05) is 91.0 Å². The lowest BCUT2D eigenvalue weighted by molar-refractivity contribution is -0.138. The van der Waals surface area contributed by atoms with Gasteiger partial charge in [0.1, 0.15) is 17.1 Å². The summed E-state index contributed by atoms with van der Waals surface area (Å²) in [5.74, 6) is -2.58. The van der Waals surface area contributed by atoms with Crippen molar-refractivity contribution < 1.29 is 19.5 Å². The van der Waals surface area contributed by atoms with Crippen LogP contribution in [0.15, 0.2) is 119 Å². The predicted molar refractivity (Wildman–Crippen MR) is 160 cm³/mol. The molecule has 42 heavy (non-hydrogen) atoms. The molecule has 210 valence electrons. The van der Waals surface area contributed by atoms with Crippen LogP contribution in [-0.4, -0.2) is 44.1 Å². The van der Waals surface area contributed by atoms with Crippen molar-refractivity contribution in [3.8, 4) is 11.4 Å². The lowest BCUT2D eigenvalue weighted by atomic mass is 9.75. The standard InChI is InChI=1S/C33H28N4O5/c38-28(33(17-10-18-35-33)26(20-30(40)41)24-13-6-2-7-14-24)22-37-31(25-15-8-3-9-16-25)34-21-27(32(37)42)36-29(39)19-23-11-4-1-5-12-23/h1-18,21,26H,19-20,22H2,(H,36,39)(H,40,41). The van der Waals surface area contributed by atoms with E-state index < -0.39 is 41.2 Å². The average molecular weight is 561 g/mol. The monoisotopic (exact) mass is 560 g/mol. The molecular weight excluding hydrogens is 532 g/mol. The first-order valence-corrected chi connectivity index (χ1v) is 13.4. The lowest BCUT2D eigenvalue weighted by Crippen LogP contribution is -2.44. The van der Waals surface area contributed by atoms with Gasteiger partial charge in [0.2, 0.25) is 5.91 Å². The Morgan fingerprint density at radius 2 is 1.55 bits per heavy atom. The zero-order valence-electron chi connectivity index (χ0n) is 22.6. The highest BCUT2D eigenvalue weighted by Crippen LogP contribution is 2.39. The zero-order chi connectivity index (χ0) is 29.5. The van der Waals surface area contributed by atoms with Crippen LogP contribution in [0, 0.1) is 0 Å². The fraction of sp³-hybridized carbons (Fsp3) is 0.152. The van der Waals surface area contributed by atoms with E-state index in [2.05, 4.69) is 15.3 Å². The highest BCUT2D eigenvalue weighted by atomic mass is 16.4. The van der Waals surface area contributed by atoms with E-state index in [-0.39, 0.29) is 24.4 Å². The second kappa shape index (κ2) is 12.4. The summed E-state index contributed by atoms with van der Waals surface area (Å²) in [7, 11) is 0. The summed E-state index contributed by atoms with van der Waals surface area (Å²) in [4.78, 5) is 61.7. The van der Waals surface area contributed by atoms with Crippen molar-refractivity contribution in [2.24, 2.45) is 4.99 Å². The Kier molecular flexibility index (Phi) is 8.29. The highest BCUT2D eigenvalue weighted by Gasteiger charge is 2.46. The number of nitrogens with one attached hydrogen (secondary N) is 1. The Bertz CT molecular complexity index is 1700. The number of aliphatic carboxylic acids is 1. The number of carboxylic acids is 1. The molecule has 2 atom stereocenters. The van der Waals surface area contributed by atoms with Gasteiger partial charge in [0, 0.05) is 17.7 Å². The molecular formula is C33H28N4O5. The van der Waals surface area contributed by atoms with E-state index in [9.17, 15) is 24.3 Å². The molecule has 1 aliphatic heterocycles. The van der Waals surface area contributed by atoms with Crippen LogP contribution in [0.25, 0.3) is 11.4 Å². The largest absolute Gasteiger partial charge is 0.481 e. The minimum absolute atomic E-state index is 0.0518. The number of aromatic nitrogens is 2. The molecule has 0 saturated heterocycles. The fourth-order valence-corrected chi connectivity index (χ4v) is 5.14. The van der Waals surface area contributed by atoms with Gasteiger partial charge in [0.15, 0.2) is 5.78 Å². The van der Waals surface area contributed by atoms with Crippen LogP contribution in [0.3, 0.4) is 0 Å². The number of carboxylic acid groups (broad SMARTS) is 1. The van der Waals surface area contributed by atoms with Gasteiger partial charge in [-0.15, -0.1) is 0 Å². The summed E-state index contributed by atoms with van der Waals surface area (Å²) in [6.45, 7) is -0.455. The minimum atomic E-state index is -1.56. The van der Waals surface area contributed by atoms with Gasteiger partial charge >= 0.3 is 5.97 Å². The molecule has 5 rings (SSSR count). The molecule has 0 bridgehead atoms. The highest BCUT2D eigenvalue weighted by molar-refractivity contribution is 5.98. The summed E-state index contributed by atoms with van der Waals surface area (Å²) >= 11 is 0. The number of hydrogen-bond acceptors (Lipinski definition) is 6. The van der Waals surface area contributed by atoms with E-state index in [1.807, 2.05) is 36.4 Å². The van der Waals surface area contributed by atoms with Crippen molar-refractivity contribution in [1.82, 2.24) is 9.55 Å². The number of carbonyl (C=O) groups is 3. The SMILES string of the molecule is O=C(O)CC(c1ccccc1)C1(C(=O)Cn2c(-c3ccccc3)ncc(NC(=O)Cc3ccccc3)c2=O)C=CC=N1. The number of Topliss-reactive ketones (excluding diaryl/α,β-unsaturated/α-hetero) is 1. The van der Waals surface area contributed by atoms with Gasteiger partial charge in [0.25, 0.3) is 5.56 Å². The predicted octanol–water partition coefficient (Wildman–Crippen LogP) is 4.30. The minimum Gasteiger partial charge on any atom is -0.481 e. The van der Waals surface area contributed by atoms with E-state index in [1.165, 1.54) is 17.0 Å². The lowest BCUT2D eigenvalue weighted by Gasteiger charge is -2.32. The zero-order valence-corrected chi connectivity index (χ0v) is 22.6. The molecule has 1 aliphatic rings. The first kappa shape index (κ1) is 28.1. The number of hydrogen-bond donors (Lipinski definition) is 2. The number of anilines is 1. The second-order valence-corrected chi connectivity index (χ2v) is 9.91. The molecule has 2 heterocycles. The van der Waals surface area contributed by atoms with Crippen LogP contribution in [0.4, 0.5) is 5.69 Å². The Morgan fingerprint density at radius 3 is 2.17 bits per heavy atom. The van der Waals surface area contributed by atoms with Crippen molar-refractivity contribution in [3.05, 3.63) is 131 Å². The number of allylic oxidation sites excluding steroid dienone is 1. The first-order valence-electron chi connectivity index (χ1n) is 13.4. The normalized spacial score (nSPS) is 16.2. The van der Waals surface area contributed by atoms with Gasteiger partial charge in [0.05, 0.1) is 25.6 Å². The second-order valence-electron chi connectivity index (χ2n) is 9.91. The Morgan fingerprint density at radius 1 is 0.905 bits per heavy atom. The molecule has 0 spiro atoms. The summed E-state index contributed by atoms with van der Waals surface area (Å²) in [6, 6.07) is 26.9. The fourth-order valence-electron chi connectivity index (χ4n) is 5.14. The first-order chi connectivity index (χ1) is 20.4. The summed E-state index contributed by atoms with van der Waals surface area (Å²) in [5.41, 5.74) is -0.249. The van der Waals surface area contributed by atoms with Gasteiger partial charge in [-0.2, -0.15) is 0 Å². The van der Waals surface area contributed by atoms with Crippen LogP contribution in [0.1, 0.15) is 23.5 Å². The van der Waals surface area contributed by atoms with E-state index in [1.54, 1.807) is 66.7 Å². The number of benzene rings is 3. The maximum atomic E-state index is 14.2. The van der Waals surface area contributed by atoms with Crippen molar-refractivity contribution in [2.75, 3.05) is 5.32 Å². The molecule has 2 N–H and O–H groups in total. The quantitative estimate of drug-likeness (QED) is 0.281. The number of amides is 1. The van der Waals surface area contributed by atoms with E-state index in [0.29, 0.717) is 11.1 Å². The number of nitrogens with zero attached hydrogens (tertiary/aromatic N) is 3. The van der Waals surface area contributed by atoms with Crippen LogP contribution in [0.2, 0.25) is 0 Å². The van der Waals surface area contributed by atoms with Crippen LogP contribution in [0.5, 0.6) is 0 Å². The maximum Gasteiger partial charge on any atom is 0.304 e.